The summed E-state index contributed by atoms with van der Waals surface area (Å²) in [5.41, 5.74) is 0.954. The van der Waals surface area contributed by atoms with Crippen LogP contribution in [0.4, 0.5) is 17.3 Å². The summed E-state index contributed by atoms with van der Waals surface area (Å²) in [6, 6.07) is 10.1. The van der Waals surface area contributed by atoms with Crippen LogP contribution in [0.15, 0.2) is 41.1 Å². The predicted molar refractivity (Wildman–Crippen MR) is 123 cm³/mol. The lowest BCUT2D eigenvalue weighted by Gasteiger charge is -2.34. The van der Waals surface area contributed by atoms with Gasteiger partial charge in [0.05, 0.1) is 13.2 Å². The molecule has 1 saturated heterocycles. The molecule has 2 N–H and O–H groups in total. The van der Waals surface area contributed by atoms with Gasteiger partial charge >= 0.3 is 7.60 Å². The molecule has 2 heterocycles. The van der Waals surface area contributed by atoms with Gasteiger partial charge < -0.3 is 19.7 Å². The summed E-state index contributed by atoms with van der Waals surface area (Å²) in [7, 11) is -3.04. The second-order valence-corrected chi connectivity index (χ2v) is 9.99. The molecule has 8 nitrogen and oxygen atoms in total. The van der Waals surface area contributed by atoms with Crippen molar-refractivity contribution < 1.29 is 13.6 Å². The van der Waals surface area contributed by atoms with E-state index in [4.69, 9.17) is 9.05 Å². The highest BCUT2D eigenvalue weighted by Crippen LogP contribution is 2.48. The number of hydrogen-bond donors (Lipinski definition) is 2. The molecule has 0 bridgehead atoms. The van der Waals surface area contributed by atoms with Crippen LogP contribution < -0.4 is 10.6 Å². The SMILES string of the molecule is CCOP(=O)(CN1CCC(Nc2cc(Nc3cccc(Br)c3)ncn2)CC1)OCC. The van der Waals surface area contributed by atoms with Crippen LogP contribution in [0.2, 0.25) is 0 Å². The fourth-order valence-electron chi connectivity index (χ4n) is 3.40. The Balaban J connectivity index is 1.52. The Kier molecular flexibility index (Phi) is 8.65. The monoisotopic (exact) mass is 497 g/mol. The maximum absolute atomic E-state index is 12.7. The van der Waals surface area contributed by atoms with E-state index < -0.39 is 7.60 Å². The molecule has 0 spiro atoms. The number of hydrogen-bond acceptors (Lipinski definition) is 8. The van der Waals surface area contributed by atoms with Crippen LogP contribution in [0.1, 0.15) is 26.7 Å². The normalized spacial score (nSPS) is 15.8. The molecule has 1 aliphatic heterocycles. The van der Waals surface area contributed by atoms with Crippen molar-refractivity contribution in [2.24, 2.45) is 0 Å². The van der Waals surface area contributed by atoms with Gasteiger partial charge in [0.15, 0.2) is 0 Å². The van der Waals surface area contributed by atoms with Gasteiger partial charge in [0, 0.05) is 35.4 Å². The van der Waals surface area contributed by atoms with E-state index in [0.717, 1.165) is 47.7 Å². The predicted octanol–water partition coefficient (Wildman–Crippen LogP) is 5.08. The summed E-state index contributed by atoms with van der Waals surface area (Å²) in [6.07, 6.45) is 3.75. The average Bonchev–Trinajstić information content (AvgIpc) is 2.70. The molecule has 30 heavy (non-hydrogen) atoms. The highest BCUT2D eigenvalue weighted by molar-refractivity contribution is 9.10. The first-order valence-corrected chi connectivity index (χ1v) is 12.7. The molecule has 1 aliphatic rings. The van der Waals surface area contributed by atoms with Crippen molar-refractivity contribution in [2.45, 2.75) is 32.7 Å². The minimum atomic E-state index is -3.04. The summed E-state index contributed by atoms with van der Waals surface area (Å²) in [6.45, 7) is 6.11. The van der Waals surface area contributed by atoms with Gasteiger partial charge in [0.1, 0.15) is 24.2 Å². The molecule has 3 rings (SSSR count). The van der Waals surface area contributed by atoms with Crippen LogP contribution >= 0.6 is 23.5 Å². The van der Waals surface area contributed by atoms with Crippen LogP contribution in [0, 0.1) is 0 Å². The maximum Gasteiger partial charge on any atom is 0.344 e. The van der Waals surface area contributed by atoms with Crippen molar-refractivity contribution in [1.29, 1.82) is 0 Å². The Hall–Kier alpha value is -1.51. The molecule has 0 unspecified atom stereocenters. The van der Waals surface area contributed by atoms with Crippen molar-refractivity contribution in [3.05, 3.63) is 41.1 Å². The first-order chi connectivity index (χ1) is 14.5. The van der Waals surface area contributed by atoms with Gasteiger partial charge in [-0.05, 0) is 44.9 Å². The Labute approximate surface area is 186 Å². The summed E-state index contributed by atoms with van der Waals surface area (Å²) >= 11 is 3.47. The third-order valence-corrected chi connectivity index (χ3v) is 7.27. The number of rotatable bonds is 10. The number of aromatic nitrogens is 2. The molecule has 1 aromatic heterocycles. The zero-order valence-corrected chi connectivity index (χ0v) is 19.9. The molecule has 1 aromatic carbocycles. The minimum absolute atomic E-state index is 0.299. The van der Waals surface area contributed by atoms with Crippen LogP contribution in [0.3, 0.4) is 0 Å². The van der Waals surface area contributed by atoms with Gasteiger partial charge in [0.25, 0.3) is 0 Å². The van der Waals surface area contributed by atoms with E-state index in [1.54, 1.807) is 6.33 Å². The molecule has 0 saturated carbocycles. The zero-order valence-electron chi connectivity index (χ0n) is 17.4. The molecular formula is C20H29BrN5O3P. The zero-order chi connectivity index (χ0) is 21.4. The van der Waals surface area contributed by atoms with Gasteiger partial charge in [-0.1, -0.05) is 22.0 Å². The second kappa shape index (κ2) is 11.2. The van der Waals surface area contributed by atoms with Gasteiger partial charge in [-0.25, -0.2) is 9.97 Å². The summed E-state index contributed by atoms with van der Waals surface area (Å²) in [4.78, 5) is 10.8. The highest BCUT2D eigenvalue weighted by Gasteiger charge is 2.29. The van der Waals surface area contributed by atoms with Crippen molar-refractivity contribution in [3.8, 4) is 0 Å². The number of halogens is 1. The molecule has 10 heteroatoms. The van der Waals surface area contributed by atoms with E-state index in [2.05, 4.69) is 41.4 Å². The number of nitrogens with one attached hydrogen (secondary N) is 2. The van der Waals surface area contributed by atoms with Gasteiger partial charge in [0.2, 0.25) is 0 Å². The van der Waals surface area contributed by atoms with Crippen molar-refractivity contribution in [2.75, 3.05) is 43.2 Å². The topological polar surface area (TPSA) is 88.6 Å². The van der Waals surface area contributed by atoms with E-state index in [-0.39, 0.29) is 0 Å². The fraction of sp³-hybridized carbons (Fsp3) is 0.500. The largest absolute Gasteiger partial charge is 0.367 e. The molecule has 0 atom stereocenters. The van der Waals surface area contributed by atoms with E-state index in [1.807, 2.05) is 44.2 Å². The lowest BCUT2D eigenvalue weighted by molar-refractivity contribution is 0.182. The summed E-state index contributed by atoms with van der Waals surface area (Å²) in [5.74, 6) is 1.52. The van der Waals surface area contributed by atoms with Crippen molar-refractivity contribution in [1.82, 2.24) is 14.9 Å². The Morgan fingerprint density at radius 2 is 1.83 bits per heavy atom. The molecule has 0 aliphatic carbocycles. The Bertz CT molecular complexity index is 854. The highest BCUT2D eigenvalue weighted by atomic mass is 79.9. The van der Waals surface area contributed by atoms with Crippen LogP contribution in [-0.4, -0.2) is 53.5 Å². The van der Waals surface area contributed by atoms with E-state index in [9.17, 15) is 4.57 Å². The Morgan fingerprint density at radius 1 is 1.13 bits per heavy atom. The number of benzene rings is 1. The van der Waals surface area contributed by atoms with Crippen LogP contribution in [0.5, 0.6) is 0 Å². The fourth-order valence-corrected chi connectivity index (χ4v) is 5.60. The molecule has 1 fully saturated rings. The number of anilines is 3. The molecular weight excluding hydrogens is 469 g/mol. The van der Waals surface area contributed by atoms with Gasteiger partial charge in [-0.2, -0.15) is 0 Å². The standard InChI is InChI=1S/C20H29BrN5O3P/c1-3-28-30(27,29-4-2)15-26-10-8-17(9-11-26)24-19-13-20(23-14-22-19)25-18-7-5-6-16(21)12-18/h5-7,12-14,17H,3-4,8-11,15H2,1-2H3,(H2,22,23,24,25). The third kappa shape index (κ3) is 7.03. The number of piperidine rings is 1. The minimum Gasteiger partial charge on any atom is -0.367 e. The first kappa shape index (κ1) is 23.2. The second-order valence-electron chi connectivity index (χ2n) is 7.05. The quantitative estimate of drug-likeness (QED) is 0.439. The van der Waals surface area contributed by atoms with Crippen molar-refractivity contribution in [3.63, 3.8) is 0 Å². The van der Waals surface area contributed by atoms with E-state index >= 15 is 0 Å². The number of nitrogens with zero attached hydrogens (tertiary/aromatic N) is 3. The van der Waals surface area contributed by atoms with Crippen LogP contribution in [-0.2, 0) is 13.6 Å². The third-order valence-electron chi connectivity index (χ3n) is 4.73. The summed E-state index contributed by atoms with van der Waals surface area (Å²) < 4.78 is 24.6. The molecule has 2 aromatic rings. The van der Waals surface area contributed by atoms with Gasteiger partial charge in [-0.15, -0.1) is 0 Å². The van der Waals surface area contributed by atoms with Crippen molar-refractivity contribution >= 4 is 40.8 Å². The lowest BCUT2D eigenvalue weighted by atomic mass is 10.1. The van der Waals surface area contributed by atoms with E-state index in [0.29, 0.717) is 25.5 Å². The average molecular weight is 498 g/mol. The Morgan fingerprint density at radius 3 is 2.50 bits per heavy atom. The molecule has 0 amide bonds. The maximum atomic E-state index is 12.7. The smallest absolute Gasteiger partial charge is 0.344 e. The molecule has 164 valence electrons. The number of likely N-dealkylation sites (tertiary alicyclic amines) is 1. The van der Waals surface area contributed by atoms with E-state index in [1.165, 1.54) is 0 Å². The van der Waals surface area contributed by atoms with Gasteiger partial charge in [-0.3, -0.25) is 9.46 Å². The van der Waals surface area contributed by atoms with Crippen LogP contribution in [0.25, 0.3) is 0 Å². The summed E-state index contributed by atoms with van der Waals surface area (Å²) in [5, 5.41) is 6.78. The lowest BCUT2D eigenvalue weighted by Crippen LogP contribution is -2.39. The molecule has 0 radical (unpaired) electrons. The first-order valence-electron chi connectivity index (χ1n) is 10.2.